The summed E-state index contributed by atoms with van der Waals surface area (Å²) in [6.07, 6.45) is -3.69. The Bertz CT molecular complexity index is 1410. The number of alkyl halides is 3. The Morgan fingerprint density at radius 1 is 1.13 bits per heavy atom. The number of likely N-dealkylation sites (N-methyl/N-ethyl adjacent to an activating group) is 1. The highest BCUT2D eigenvalue weighted by atomic mass is 19.4. The Balaban J connectivity index is 1.79. The number of carbonyl (C=O) groups is 1. The van der Waals surface area contributed by atoms with Crippen molar-refractivity contribution in [2.45, 2.75) is 39.0 Å². The van der Waals surface area contributed by atoms with Gasteiger partial charge in [0.25, 0.3) is 5.56 Å². The topological polar surface area (TPSA) is 79.7 Å². The smallest absolute Gasteiger partial charge is 0.408 e. The van der Waals surface area contributed by atoms with Gasteiger partial charge in [-0.15, -0.1) is 0 Å². The fourth-order valence-electron chi connectivity index (χ4n) is 4.63. The lowest BCUT2D eigenvalue weighted by atomic mass is 10.1. The number of nitrogens with one attached hydrogen (secondary N) is 1. The van der Waals surface area contributed by atoms with E-state index < -0.39 is 36.0 Å². The number of aromatic nitrogens is 2. The van der Waals surface area contributed by atoms with Gasteiger partial charge in [0.15, 0.2) is 11.6 Å². The number of benzene rings is 2. The van der Waals surface area contributed by atoms with Crippen LogP contribution in [0.2, 0.25) is 0 Å². The second kappa shape index (κ2) is 11.6. The SMILES string of the molecule is CCN1CCCN(c2ccc3nc(-c4ccc(F)c(OC)c4)n(CC(=O)N[C@@H](C)C(F)(F)F)c(=O)c3c2)CC1. The van der Waals surface area contributed by atoms with Crippen LogP contribution in [0.15, 0.2) is 41.2 Å². The van der Waals surface area contributed by atoms with E-state index in [0.29, 0.717) is 5.52 Å². The second-order valence-electron chi connectivity index (χ2n) is 9.48. The molecule has 0 unspecified atom stereocenters. The zero-order valence-corrected chi connectivity index (χ0v) is 22.0. The largest absolute Gasteiger partial charge is 0.494 e. The number of hydrogen-bond acceptors (Lipinski definition) is 6. The van der Waals surface area contributed by atoms with Gasteiger partial charge in [0.1, 0.15) is 18.4 Å². The van der Waals surface area contributed by atoms with Crippen LogP contribution in [-0.2, 0) is 11.3 Å². The quantitative estimate of drug-likeness (QED) is 0.452. The summed E-state index contributed by atoms with van der Waals surface area (Å²) in [5.41, 5.74) is 0.824. The summed E-state index contributed by atoms with van der Waals surface area (Å²) >= 11 is 0. The summed E-state index contributed by atoms with van der Waals surface area (Å²) in [6, 6.07) is 6.98. The number of rotatable bonds is 7. The minimum Gasteiger partial charge on any atom is -0.494 e. The van der Waals surface area contributed by atoms with Crippen LogP contribution in [0.4, 0.5) is 23.2 Å². The van der Waals surface area contributed by atoms with Gasteiger partial charge in [-0.25, -0.2) is 9.37 Å². The third-order valence-electron chi connectivity index (χ3n) is 6.92. The Morgan fingerprint density at radius 3 is 2.59 bits per heavy atom. The molecule has 1 aliphatic heterocycles. The molecule has 3 aromatic rings. The number of nitrogens with zero attached hydrogens (tertiary/aromatic N) is 4. The van der Waals surface area contributed by atoms with Gasteiger partial charge >= 0.3 is 6.18 Å². The van der Waals surface area contributed by atoms with Crippen molar-refractivity contribution in [3.8, 4) is 17.1 Å². The van der Waals surface area contributed by atoms with Crippen LogP contribution in [0.1, 0.15) is 20.3 Å². The molecule has 1 amide bonds. The average molecular weight is 550 g/mol. The maximum Gasteiger partial charge on any atom is 0.408 e. The first-order valence-corrected chi connectivity index (χ1v) is 12.7. The number of fused-ring (bicyclic) bond motifs is 1. The van der Waals surface area contributed by atoms with E-state index in [9.17, 15) is 27.2 Å². The molecule has 2 heterocycles. The monoisotopic (exact) mass is 549 g/mol. The minimum atomic E-state index is -4.65. The molecule has 0 aliphatic carbocycles. The normalized spacial score (nSPS) is 15.7. The molecule has 1 aliphatic rings. The van der Waals surface area contributed by atoms with Crippen LogP contribution >= 0.6 is 0 Å². The zero-order valence-electron chi connectivity index (χ0n) is 22.0. The second-order valence-corrected chi connectivity index (χ2v) is 9.48. The molecule has 1 saturated heterocycles. The van der Waals surface area contributed by atoms with E-state index in [4.69, 9.17) is 4.74 Å². The number of amides is 1. The molecule has 8 nitrogen and oxygen atoms in total. The molecule has 1 aromatic heterocycles. The first-order chi connectivity index (χ1) is 18.5. The maximum atomic E-state index is 14.1. The van der Waals surface area contributed by atoms with Gasteiger partial charge in [-0.2, -0.15) is 13.2 Å². The average Bonchev–Trinajstić information content (AvgIpc) is 3.15. The van der Waals surface area contributed by atoms with Crippen molar-refractivity contribution < 1.29 is 27.1 Å². The molecule has 4 rings (SSSR count). The molecule has 39 heavy (non-hydrogen) atoms. The summed E-state index contributed by atoms with van der Waals surface area (Å²) in [7, 11) is 1.28. The van der Waals surface area contributed by atoms with Gasteiger partial charge < -0.3 is 19.9 Å². The number of methoxy groups -OCH3 is 1. The summed E-state index contributed by atoms with van der Waals surface area (Å²) in [4.78, 5) is 35.5. The number of hydrogen-bond donors (Lipinski definition) is 1. The third kappa shape index (κ3) is 6.32. The number of carbonyl (C=O) groups excluding carboxylic acids is 1. The van der Waals surface area contributed by atoms with Crippen LogP contribution in [0, 0.1) is 5.82 Å². The van der Waals surface area contributed by atoms with E-state index in [-0.39, 0.29) is 22.5 Å². The van der Waals surface area contributed by atoms with Crippen molar-refractivity contribution >= 4 is 22.5 Å². The van der Waals surface area contributed by atoms with Crippen molar-refractivity contribution in [1.82, 2.24) is 19.8 Å². The number of anilines is 1. The van der Waals surface area contributed by atoms with E-state index in [0.717, 1.165) is 62.4 Å². The molecule has 0 saturated carbocycles. The molecule has 2 aromatic carbocycles. The first-order valence-electron chi connectivity index (χ1n) is 12.7. The summed E-state index contributed by atoms with van der Waals surface area (Å²) in [5.74, 6) is -1.76. The van der Waals surface area contributed by atoms with E-state index in [2.05, 4.69) is 21.7 Å². The Hall–Kier alpha value is -3.67. The van der Waals surface area contributed by atoms with E-state index in [1.54, 1.807) is 12.1 Å². The molecule has 12 heteroatoms. The summed E-state index contributed by atoms with van der Waals surface area (Å²) in [6.45, 7) is 6.59. The Morgan fingerprint density at radius 2 is 1.90 bits per heavy atom. The van der Waals surface area contributed by atoms with Gasteiger partial charge in [0.05, 0.1) is 18.0 Å². The minimum absolute atomic E-state index is 0.00159. The zero-order chi connectivity index (χ0) is 28.3. The molecule has 0 spiro atoms. The molecule has 1 fully saturated rings. The maximum absolute atomic E-state index is 14.1. The van der Waals surface area contributed by atoms with Crippen molar-refractivity contribution in [1.29, 1.82) is 0 Å². The molecule has 0 radical (unpaired) electrons. The van der Waals surface area contributed by atoms with Gasteiger partial charge in [0.2, 0.25) is 5.91 Å². The van der Waals surface area contributed by atoms with Crippen LogP contribution in [0.5, 0.6) is 5.75 Å². The third-order valence-corrected chi connectivity index (χ3v) is 6.92. The Labute approximate surface area is 223 Å². The summed E-state index contributed by atoms with van der Waals surface area (Å²) < 4.78 is 59.3. The van der Waals surface area contributed by atoms with Crippen molar-refractivity contribution in [3.63, 3.8) is 0 Å². The van der Waals surface area contributed by atoms with E-state index >= 15 is 0 Å². The Kier molecular flexibility index (Phi) is 8.43. The fraction of sp³-hybridized carbons (Fsp3) is 0.444. The highest BCUT2D eigenvalue weighted by Gasteiger charge is 2.37. The molecule has 1 N–H and O–H groups in total. The predicted molar refractivity (Wildman–Crippen MR) is 141 cm³/mol. The van der Waals surface area contributed by atoms with Crippen LogP contribution in [0.25, 0.3) is 22.3 Å². The highest BCUT2D eigenvalue weighted by Crippen LogP contribution is 2.27. The van der Waals surface area contributed by atoms with Gasteiger partial charge in [-0.05, 0) is 62.8 Å². The van der Waals surface area contributed by atoms with Crippen molar-refractivity contribution in [3.05, 3.63) is 52.6 Å². The van der Waals surface area contributed by atoms with Crippen molar-refractivity contribution in [2.75, 3.05) is 44.7 Å². The first kappa shape index (κ1) is 28.3. The lowest BCUT2D eigenvalue weighted by Crippen LogP contribution is -2.45. The molecule has 0 bridgehead atoms. The molecule has 1 atom stereocenters. The predicted octanol–water partition coefficient (Wildman–Crippen LogP) is 3.81. The molecular formula is C27H31F4N5O3. The van der Waals surface area contributed by atoms with Gasteiger partial charge in [0, 0.05) is 30.9 Å². The van der Waals surface area contributed by atoms with Crippen LogP contribution < -0.4 is 20.5 Å². The van der Waals surface area contributed by atoms with E-state index in [1.807, 2.05) is 11.4 Å². The highest BCUT2D eigenvalue weighted by molar-refractivity contribution is 5.85. The fourth-order valence-corrected chi connectivity index (χ4v) is 4.63. The number of halogens is 4. The lowest BCUT2D eigenvalue weighted by molar-refractivity contribution is -0.158. The van der Waals surface area contributed by atoms with Crippen LogP contribution in [0.3, 0.4) is 0 Å². The van der Waals surface area contributed by atoms with Gasteiger partial charge in [-0.1, -0.05) is 6.92 Å². The van der Waals surface area contributed by atoms with Crippen molar-refractivity contribution in [2.24, 2.45) is 0 Å². The van der Waals surface area contributed by atoms with E-state index in [1.165, 1.54) is 19.2 Å². The molecule has 210 valence electrons. The van der Waals surface area contributed by atoms with Gasteiger partial charge in [-0.3, -0.25) is 14.2 Å². The summed E-state index contributed by atoms with van der Waals surface area (Å²) in [5, 5.41) is 2.11. The molecular weight excluding hydrogens is 518 g/mol. The lowest BCUT2D eigenvalue weighted by Gasteiger charge is -2.24. The van der Waals surface area contributed by atoms with Crippen LogP contribution in [-0.4, -0.2) is 72.4 Å². The standard InChI is InChI=1S/C27H31F4N5O3/c1-4-34-10-5-11-35(13-12-34)19-7-9-22-20(15-19)26(38)36(16-24(37)32-17(2)27(29,30)31)25(33-22)18-6-8-21(28)23(14-18)39-3/h6-9,14-15,17H,4-5,10-13,16H2,1-3H3,(H,32,37)/t17-/m0/s1. The number of ether oxygens (including phenoxy) is 1.